The summed E-state index contributed by atoms with van der Waals surface area (Å²) in [7, 11) is -2.59. The molecule has 3 aromatic rings. The van der Waals surface area contributed by atoms with E-state index in [2.05, 4.69) is 0 Å². The third kappa shape index (κ3) is 4.24. The van der Waals surface area contributed by atoms with E-state index in [4.69, 9.17) is 4.74 Å². The highest BCUT2D eigenvalue weighted by molar-refractivity contribution is 7.92. The Labute approximate surface area is 169 Å². The van der Waals surface area contributed by atoms with Gasteiger partial charge in [-0.25, -0.2) is 17.2 Å². The number of benzene rings is 3. The van der Waals surface area contributed by atoms with Crippen LogP contribution in [0.4, 0.5) is 14.5 Å². The molecular weight excluding hydrogens is 396 g/mol. The van der Waals surface area contributed by atoms with Gasteiger partial charge in [-0.3, -0.25) is 4.31 Å². The van der Waals surface area contributed by atoms with Crippen molar-refractivity contribution in [3.8, 4) is 5.75 Å². The minimum atomic E-state index is -4.11. The standard InChI is InChI=1S/C22H21F2NO3S/c1-15-7-10-19(14-22(15)24)25(16(2)17-5-4-6-20(13-17)28-3)29(26,27)21-11-8-18(23)9-12-21/h4-14,16H,1-3H3. The maximum Gasteiger partial charge on any atom is 0.264 e. The molecule has 0 aromatic heterocycles. The molecule has 29 heavy (non-hydrogen) atoms. The van der Waals surface area contributed by atoms with Crippen molar-refractivity contribution in [2.75, 3.05) is 11.4 Å². The smallest absolute Gasteiger partial charge is 0.264 e. The van der Waals surface area contributed by atoms with Crippen molar-refractivity contribution in [2.24, 2.45) is 0 Å². The molecule has 0 aliphatic heterocycles. The summed E-state index contributed by atoms with van der Waals surface area (Å²) < 4.78 is 60.9. The van der Waals surface area contributed by atoms with Gasteiger partial charge in [0.05, 0.1) is 23.7 Å². The summed E-state index contributed by atoms with van der Waals surface area (Å²) in [4.78, 5) is -0.0883. The van der Waals surface area contributed by atoms with Crippen LogP contribution < -0.4 is 9.04 Å². The van der Waals surface area contributed by atoms with Crippen molar-refractivity contribution in [3.63, 3.8) is 0 Å². The van der Waals surface area contributed by atoms with Crippen LogP contribution in [0.3, 0.4) is 0 Å². The monoisotopic (exact) mass is 417 g/mol. The van der Waals surface area contributed by atoms with E-state index in [0.717, 1.165) is 16.4 Å². The maximum atomic E-state index is 14.3. The Bertz CT molecular complexity index is 1120. The minimum Gasteiger partial charge on any atom is -0.497 e. The topological polar surface area (TPSA) is 46.6 Å². The predicted octanol–water partition coefficient (Wildman–Crippen LogP) is 5.24. The summed E-state index contributed by atoms with van der Waals surface area (Å²) in [6.45, 7) is 3.30. The lowest BCUT2D eigenvalue weighted by molar-refractivity contribution is 0.414. The highest BCUT2D eigenvalue weighted by Crippen LogP contribution is 2.35. The first-order valence-electron chi connectivity index (χ1n) is 8.94. The van der Waals surface area contributed by atoms with E-state index >= 15 is 0 Å². The number of aryl methyl sites for hydroxylation is 1. The number of methoxy groups -OCH3 is 1. The number of anilines is 1. The van der Waals surface area contributed by atoms with Gasteiger partial charge in [0, 0.05) is 0 Å². The number of rotatable bonds is 6. The molecule has 4 nitrogen and oxygen atoms in total. The second kappa shape index (κ2) is 8.21. The first-order chi connectivity index (χ1) is 13.7. The van der Waals surface area contributed by atoms with Gasteiger partial charge in [0.15, 0.2) is 0 Å². The van der Waals surface area contributed by atoms with Crippen molar-refractivity contribution < 1.29 is 21.9 Å². The Morgan fingerprint density at radius 3 is 2.28 bits per heavy atom. The lowest BCUT2D eigenvalue weighted by atomic mass is 10.1. The quantitative estimate of drug-likeness (QED) is 0.551. The van der Waals surface area contributed by atoms with E-state index in [1.165, 1.54) is 31.4 Å². The van der Waals surface area contributed by atoms with Crippen molar-refractivity contribution >= 4 is 15.7 Å². The third-order valence-corrected chi connectivity index (χ3v) is 6.62. The van der Waals surface area contributed by atoms with Crippen LogP contribution in [-0.2, 0) is 10.0 Å². The molecule has 0 aliphatic carbocycles. The van der Waals surface area contributed by atoms with Crippen LogP contribution >= 0.6 is 0 Å². The molecule has 0 amide bonds. The molecule has 0 N–H and O–H groups in total. The molecule has 0 radical (unpaired) electrons. The van der Waals surface area contributed by atoms with Gasteiger partial charge < -0.3 is 4.74 Å². The largest absolute Gasteiger partial charge is 0.497 e. The summed E-state index contributed by atoms with van der Waals surface area (Å²) in [6.07, 6.45) is 0. The molecule has 1 unspecified atom stereocenters. The van der Waals surface area contributed by atoms with Gasteiger partial charge in [-0.15, -0.1) is 0 Å². The molecule has 0 spiro atoms. The Kier molecular flexibility index (Phi) is 5.88. The average molecular weight is 417 g/mol. The number of ether oxygens (including phenoxy) is 1. The first kappa shape index (κ1) is 20.8. The molecule has 1 atom stereocenters. The highest BCUT2D eigenvalue weighted by Gasteiger charge is 2.31. The fourth-order valence-electron chi connectivity index (χ4n) is 3.05. The summed E-state index contributed by atoms with van der Waals surface area (Å²) >= 11 is 0. The molecule has 0 saturated heterocycles. The summed E-state index contributed by atoms with van der Waals surface area (Å²) in [6, 6.07) is 15.1. The molecule has 0 saturated carbocycles. The predicted molar refractivity (Wildman–Crippen MR) is 109 cm³/mol. The Hall–Kier alpha value is -2.93. The zero-order valence-electron chi connectivity index (χ0n) is 16.3. The van der Waals surface area contributed by atoms with Gasteiger partial charge in [-0.05, 0) is 73.5 Å². The van der Waals surface area contributed by atoms with Crippen molar-refractivity contribution in [2.45, 2.75) is 24.8 Å². The molecule has 0 heterocycles. The first-order valence-corrected chi connectivity index (χ1v) is 10.4. The number of sulfonamides is 1. The van der Waals surface area contributed by atoms with Crippen molar-refractivity contribution in [1.82, 2.24) is 0 Å². The molecule has 3 rings (SSSR count). The zero-order valence-corrected chi connectivity index (χ0v) is 17.1. The molecule has 3 aromatic carbocycles. The Morgan fingerprint density at radius 1 is 0.966 bits per heavy atom. The van der Waals surface area contributed by atoms with Gasteiger partial charge in [0.25, 0.3) is 10.0 Å². The van der Waals surface area contributed by atoms with Crippen LogP contribution in [0.15, 0.2) is 71.6 Å². The number of nitrogens with zero attached hydrogens (tertiary/aromatic N) is 1. The zero-order chi connectivity index (χ0) is 21.2. The molecule has 0 fully saturated rings. The molecule has 152 valence electrons. The fourth-order valence-corrected chi connectivity index (χ4v) is 4.68. The fraction of sp³-hybridized carbons (Fsp3) is 0.182. The van der Waals surface area contributed by atoms with Crippen LogP contribution in [0.2, 0.25) is 0 Å². The normalized spacial score (nSPS) is 12.4. The SMILES string of the molecule is COc1cccc(C(C)N(c2ccc(C)c(F)c2)S(=O)(=O)c2ccc(F)cc2)c1. The van der Waals surface area contributed by atoms with Crippen LogP contribution in [0.5, 0.6) is 5.75 Å². The van der Waals surface area contributed by atoms with E-state index in [1.807, 2.05) is 0 Å². The van der Waals surface area contributed by atoms with Gasteiger partial charge in [-0.1, -0.05) is 18.2 Å². The van der Waals surface area contributed by atoms with Gasteiger partial charge in [0.1, 0.15) is 17.4 Å². The van der Waals surface area contributed by atoms with Crippen molar-refractivity contribution in [1.29, 1.82) is 0 Å². The summed E-state index contributed by atoms with van der Waals surface area (Å²) in [5, 5.41) is 0. The maximum absolute atomic E-state index is 14.3. The van der Waals surface area contributed by atoms with E-state index in [-0.39, 0.29) is 10.6 Å². The van der Waals surface area contributed by atoms with Crippen LogP contribution in [0.25, 0.3) is 0 Å². The minimum absolute atomic E-state index is 0.0883. The summed E-state index contributed by atoms with van der Waals surface area (Å²) in [5.74, 6) is -0.485. The molecule has 7 heteroatoms. The number of hydrogen-bond acceptors (Lipinski definition) is 3. The average Bonchev–Trinajstić information content (AvgIpc) is 2.71. The molecule has 0 aliphatic rings. The lowest BCUT2D eigenvalue weighted by Crippen LogP contribution is -2.34. The summed E-state index contributed by atoms with van der Waals surface area (Å²) in [5.41, 5.74) is 1.24. The van der Waals surface area contributed by atoms with E-state index in [9.17, 15) is 17.2 Å². The number of hydrogen-bond donors (Lipinski definition) is 0. The van der Waals surface area contributed by atoms with E-state index < -0.39 is 27.7 Å². The Balaban J connectivity index is 2.17. The second-order valence-electron chi connectivity index (χ2n) is 6.64. The van der Waals surface area contributed by atoms with Gasteiger partial charge in [-0.2, -0.15) is 0 Å². The Morgan fingerprint density at radius 2 is 1.66 bits per heavy atom. The van der Waals surface area contributed by atoms with Crippen LogP contribution in [0, 0.1) is 18.6 Å². The molecular formula is C22H21F2NO3S. The second-order valence-corrected chi connectivity index (χ2v) is 8.46. The number of halogens is 2. The van der Waals surface area contributed by atoms with Crippen LogP contribution in [0.1, 0.15) is 24.1 Å². The van der Waals surface area contributed by atoms with Gasteiger partial charge >= 0.3 is 0 Å². The highest BCUT2D eigenvalue weighted by atomic mass is 32.2. The molecule has 0 bridgehead atoms. The van der Waals surface area contributed by atoms with Crippen molar-refractivity contribution in [3.05, 3.63) is 89.5 Å². The van der Waals surface area contributed by atoms with E-state index in [0.29, 0.717) is 16.9 Å². The lowest BCUT2D eigenvalue weighted by Gasteiger charge is -2.31. The van der Waals surface area contributed by atoms with Crippen LogP contribution in [-0.4, -0.2) is 15.5 Å². The van der Waals surface area contributed by atoms with E-state index in [1.54, 1.807) is 44.2 Å². The van der Waals surface area contributed by atoms with Gasteiger partial charge in [0.2, 0.25) is 0 Å². The third-order valence-electron chi connectivity index (χ3n) is 4.71.